The van der Waals surface area contributed by atoms with Gasteiger partial charge in [-0.15, -0.1) is 0 Å². The van der Waals surface area contributed by atoms with Crippen LogP contribution in [0.15, 0.2) is 48.5 Å². The van der Waals surface area contributed by atoms with Crippen molar-refractivity contribution in [3.63, 3.8) is 0 Å². The van der Waals surface area contributed by atoms with Crippen LogP contribution < -0.4 is 5.73 Å². The summed E-state index contributed by atoms with van der Waals surface area (Å²) in [5.41, 5.74) is 9.08. The van der Waals surface area contributed by atoms with E-state index in [9.17, 15) is 4.79 Å². The molecule has 3 rings (SSSR count). The van der Waals surface area contributed by atoms with Crippen molar-refractivity contribution >= 4 is 16.9 Å². The van der Waals surface area contributed by atoms with E-state index in [4.69, 9.17) is 10.7 Å². The second-order valence-electron chi connectivity index (χ2n) is 5.76. The van der Waals surface area contributed by atoms with Gasteiger partial charge >= 0.3 is 0 Å². The molecule has 0 bridgehead atoms. The molecule has 0 saturated carbocycles. The Hall–Kier alpha value is -2.62. The first-order valence-electron chi connectivity index (χ1n) is 7.40. The van der Waals surface area contributed by atoms with E-state index in [-0.39, 0.29) is 0 Å². The highest BCUT2D eigenvalue weighted by Crippen LogP contribution is 2.23. The molecule has 1 amide bonds. The second-order valence-corrected chi connectivity index (χ2v) is 5.76. The van der Waals surface area contributed by atoms with Crippen molar-refractivity contribution in [3.8, 4) is 0 Å². The van der Waals surface area contributed by atoms with Crippen molar-refractivity contribution in [1.29, 1.82) is 0 Å². The molecule has 0 radical (unpaired) electrons. The van der Waals surface area contributed by atoms with Crippen LogP contribution in [0, 0.1) is 0 Å². The lowest BCUT2D eigenvalue weighted by atomic mass is 10.1. The zero-order chi connectivity index (χ0) is 15.7. The van der Waals surface area contributed by atoms with E-state index < -0.39 is 5.91 Å². The predicted molar refractivity (Wildman–Crippen MR) is 87.9 cm³/mol. The van der Waals surface area contributed by atoms with Crippen LogP contribution in [0.4, 0.5) is 0 Å². The number of nitrogens with two attached hydrogens (primary N) is 1. The van der Waals surface area contributed by atoms with Crippen LogP contribution in [0.3, 0.4) is 0 Å². The number of para-hydroxylation sites is 2. The number of fused-ring (bicyclic) bond motifs is 1. The second kappa shape index (κ2) is 5.64. The summed E-state index contributed by atoms with van der Waals surface area (Å²) in [5, 5.41) is 0. The molecule has 3 aromatic rings. The number of benzene rings is 2. The maximum absolute atomic E-state index is 11.2. The van der Waals surface area contributed by atoms with Crippen LogP contribution in [-0.4, -0.2) is 15.5 Å². The lowest BCUT2D eigenvalue weighted by Crippen LogP contribution is -2.11. The van der Waals surface area contributed by atoms with Gasteiger partial charge < -0.3 is 10.3 Å². The van der Waals surface area contributed by atoms with Crippen LogP contribution in [-0.2, 0) is 6.54 Å². The van der Waals surface area contributed by atoms with Gasteiger partial charge in [-0.3, -0.25) is 4.79 Å². The minimum atomic E-state index is -0.400. The molecule has 2 N–H and O–H groups in total. The molecule has 1 heterocycles. The first-order valence-corrected chi connectivity index (χ1v) is 7.40. The fourth-order valence-corrected chi connectivity index (χ4v) is 2.66. The first-order chi connectivity index (χ1) is 10.6. The topological polar surface area (TPSA) is 60.9 Å². The molecule has 0 unspecified atom stereocenters. The van der Waals surface area contributed by atoms with Gasteiger partial charge in [-0.2, -0.15) is 0 Å². The minimum absolute atomic E-state index is 0.345. The molecule has 0 aliphatic rings. The molecular formula is C18H19N3O. The molecule has 0 atom stereocenters. The standard InChI is InChI=1S/C18H19N3O/c1-12(2)18-20-15-5-3-4-6-16(15)21(18)11-13-7-9-14(10-8-13)17(19)22/h3-10,12H,11H2,1-2H3,(H2,19,22). The third-order valence-electron chi connectivity index (χ3n) is 3.78. The third kappa shape index (κ3) is 2.60. The number of amides is 1. The summed E-state index contributed by atoms with van der Waals surface area (Å²) in [7, 11) is 0. The Morgan fingerprint density at radius 2 is 1.82 bits per heavy atom. The number of imidazole rings is 1. The van der Waals surface area contributed by atoms with Gasteiger partial charge in [0.2, 0.25) is 5.91 Å². The smallest absolute Gasteiger partial charge is 0.248 e. The summed E-state index contributed by atoms with van der Waals surface area (Å²) in [6.45, 7) is 5.02. The summed E-state index contributed by atoms with van der Waals surface area (Å²) in [6.07, 6.45) is 0. The van der Waals surface area contributed by atoms with Crippen LogP contribution in [0.2, 0.25) is 0 Å². The van der Waals surface area contributed by atoms with Crippen LogP contribution in [0.1, 0.15) is 41.5 Å². The van der Waals surface area contributed by atoms with Crippen LogP contribution in [0.25, 0.3) is 11.0 Å². The first kappa shape index (κ1) is 14.3. The Bertz CT molecular complexity index is 816. The third-order valence-corrected chi connectivity index (χ3v) is 3.78. The van der Waals surface area contributed by atoms with E-state index >= 15 is 0 Å². The number of carbonyl (C=O) groups excluding carboxylic acids is 1. The number of carbonyl (C=O) groups is 1. The zero-order valence-electron chi connectivity index (χ0n) is 12.8. The fraction of sp³-hybridized carbons (Fsp3) is 0.222. The van der Waals surface area contributed by atoms with Gasteiger partial charge in [0, 0.05) is 18.0 Å². The summed E-state index contributed by atoms with van der Waals surface area (Å²) < 4.78 is 2.24. The number of aromatic nitrogens is 2. The van der Waals surface area contributed by atoms with Crippen molar-refractivity contribution in [2.45, 2.75) is 26.3 Å². The van der Waals surface area contributed by atoms with E-state index in [2.05, 4.69) is 24.5 Å². The van der Waals surface area contributed by atoms with E-state index in [1.807, 2.05) is 30.3 Å². The molecular weight excluding hydrogens is 274 g/mol. The van der Waals surface area contributed by atoms with E-state index in [0.717, 1.165) is 29.0 Å². The maximum atomic E-state index is 11.2. The Morgan fingerprint density at radius 1 is 1.14 bits per heavy atom. The van der Waals surface area contributed by atoms with E-state index in [0.29, 0.717) is 11.5 Å². The highest BCUT2D eigenvalue weighted by atomic mass is 16.1. The predicted octanol–water partition coefficient (Wildman–Crippen LogP) is 3.31. The van der Waals surface area contributed by atoms with Gasteiger partial charge in [0.15, 0.2) is 0 Å². The fourth-order valence-electron chi connectivity index (χ4n) is 2.66. The number of hydrogen-bond donors (Lipinski definition) is 1. The van der Waals surface area contributed by atoms with Gasteiger partial charge in [-0.1, -0.05) is 38.1 Å². The SMILES string of the molecule is CC(C)c1nc2ccccc2n1Cc1ccc(C(N)=O)cc1. The Balaban J connectivity index is 2.02. The number of hydrogen-bond acceptors (Lipinski definition) is 2. The summed E-state index contributed by atoms with van der Waals surface area (Å²) in [6, 6.07) is 15.6. The van der Waals surface area contributed by atoms with Crippen LogP contribution >= 0.6 is 0 Å². The van der Waals surface area contributed by atoms with Gasteiger partial charge in [-0.05, 0) is 29.8 Å². The van der Waals surface area contributed by atoms with Crippen molar-refractivity contribution in [2.24, 2.45) is 5.73 Å². The normalized spacial score (nSPS) is 11.2. The van der Waals surface area contributed by atoms with Crippen molar-refractivity contribution in [3.05, 3.63) is 65.5 Å². The highest BCUT2D eigenvalue weighted by molar-refractivity contribution is 5.92. The van der Waals surface area contributed by atoms with Crippen molar-refractivity contribution in [2.75, 3.05) is 0 Å². The van der Waals surface area contributed by atoms with Crippen LogP contribution in [0.5, 0.6) is 0 Å². The summed E-state index contributed by atoms with van der Waals surface area (Å²) >= 11 is 0. The van der Waals surface area contributed by atoms with Gasteiger partial charge in [0.25, 0.3) is 0 Å². The molecule has 22 heavy (non-hydrogen) atoms. The largest absolute Gasteiger partial charge is 0.366 e. The molecule has 112 valence electrons. The molecule has 4 nitrogen and oxygen atoms in total. The monoisotopic (exact) mass is 293 g/mol. The Kier molecular flexibility index (Phi) is 3.67. The molecule has 0 fully saturated rings. The molecule has 0 saturated heterocycles. The molecule has 0 aliphatic heterocycles. The maximum Gasteiger partial charge on any atom is 0.248 e. The average Bonchev–Trinajstić information content (AvgIpc) is 2.87. The highest BCUT2D eigenvalue weighted by Gasteiger charge is 2.13. The van der Waals surface area contributed by atoms with Crippen molar-refractivity contribution in [1.82, 2.24) is 9.55 Å². The summed E-state index contributed by atoms with van der Waals surface area (Å²) in [5.74, 6) is 1.01. The Labute approximate surface area is 129 Å². The number of rotatable bonds is 4. The zero-order valence-corrected chi connectivity index (χ0v) is 12.8. The quantitative estimate of drug-likeness (QED) is 0.802. The lowest BCUT2D eigenvalue weighted by molar-refractivity contribution is 0.100. The van der Waals surface area contributed by atoms with Gasteiger partial charge in [0.1, 0.15) is 5.82 Å². The van der Waals surface area contributed by atoms with E-state index in [1.165, 1.54) is 0 Å². The number of primary amides is 1. The van der Waals surface area contributed by atoms with E-state index in [1.54, 1.807) is 12.1 Å². The van der Waals surface area contributed by atoms with Gasteiger partial charge in [0.05, 0.1) is 11.0 Å². The Morgan fingerprint density at radius 3 is 2.45 bits per heavy atom. The molecule has 2 aromatic carbocycles. The molecule has 4 heteroatoms. The lowest BCUT2D eigenvalue weighted by Gasteiger charge is -2.12. The average molecular weight is 293 g/mol. The molecule has 0 aliphatic carbocycles. The van der Waals surface area contributed by atoms with Gasteiger partial charge in [-0.25, -0.2) is 4.98 Å². The van der Waals surface area contributed by atoms with Crippen molar-refractivity contribution < 1.29 is 4.79 Å². The summed E-state index contributed by atoms with van der Waals surface area (Å²) in [4.78, 5) is 15.9. The molecule has 0 spiro atoms. The minimum Gasteiger partial charge on any atom is -0.366 e. The molecule has 1 aromatic heterocycles. The number of nitrogens with zero attached hydrogens (tertiary/aromatic N) is 2.